The van der Waals surface area contributed by atoms with Crippen molar-refractivity contribution in [3.05, 3.63) is 36.1 Å². The van der Waals surface area contributed by atoms with Gasteiger partial charge in [-0.1, -0.05) is 12.1 Å². The van der Waals surface area contributed by atoms with Gasteiger partial charge in [-0.3, -0.25) is 0 Å². The van der Waals surface area contributed by atoms with Crippen molar-refractivity contribution in [2.75, 3.05) is 40.1 Å². The topological polar surface area (TPSA) is 36.9 Å². The highest BCUT2D eigenvalue weighted by Gasteiger charge is 1.97. The minimum Gasteiger partial charge on any atom is -0.498 e. The van der Waals surface area contributed by atoms with Crippen LogP contribution in [0.25, 0.3) is 5.57 Å². The van der Waals surface area contributed by atoms with E-state index in [-0.39, 0.29) is 0 Å². The lowest BCUT2D eigenvalue weighted by atomic mass is 10.1. The first-order valence-electron chi connectivity index (χ1n) is 6.86. The Kier molecular flexibility index (Phi) is 8.51. The quantitative estimate of drug-likeness (QED) is 0.487. The monoisotopic (exact) mass is 280 g/mol. The minimum atomic E-state index is 0.541. The van der Waals surface area contributed by atoms with Gasteiger partial charge >= 0.3 is 0 Å². The van der Waals surface area contributed by atoms with E-state index in [9.17, 15) is 0 Å². The fourth-order valence-corrected chi connectivity index (χ4v) is 1.58. The summed E-state index contributed by atoms with van der Waals surface area (Å²) in [5.74, 6) is 0.852. The molecule has 1 aromatic carbocycles. The molecular weight excluding hydrogens is 256 g/mol. The highest BCUT2D eigenvalue weighted by atomic mass is 16.5. The van der Waals surface area contributed by atoms with Crippen LogP contribution in [0, 0.1) is 0 Å². The Morgan fingerprint density at radius 2 is 1.65 bits per heavy atom. The van der Waals surface area contributed by atoms with E-state index in [4.69, 9.17) is 18.9 Å². The lowest BCUT2D eigenvalue weighted by molar-refractivity contribution is 0.0343. The van der Waals surface area contributed by atoms with E-state index in [1.165, 1.54) is 0 Å². The average Bonchev–Trinajstić information content (AvgIpc) is 2.50. The first-order chi connectivity index (χ1) is 9.77. The number of hydrogen-bond donors (Lipinski definition) is 0. The molecule has 0 aliphatic carbocycles. The Morgan fingerprint density at radius 3 is 2.30 bits per heavy atom. The number of benzene rings is 1. The van der Waals surface area contributed by atoms with E-state index in [0.717, 1.165) is 23.5 Å². The van der Waals surface area contributed by atoms with Crippen LogP contribution in [0.15, 0.2) is 30.5 Å². The van der Waals surface area contributed by atoms with Crippen LogP contribution in [0.4, 0.5) is 0 Å². The molecule has 20 heavy (non-hydrogen) atoms. The van der Waals surface area contributed by atoms with Crippen LogP contribution in [0.5, 0.6) is 5.75 Å². The molecule has 0 unspecified atom stereocenters. The number of methoxy groups -OCH3 is 1. The van der Waals surface area contributed by atoms with Gasteiger partial charge in [0.2, 0.25) is 0 Å². The van der Waals surface area contributed by atoms with Crippen molar-refractivity contribution in [1.29, 1.82) is 0 Å². The predicted octanol–water partition coefficient (Wildman–Crippen LogP) is 3.13. The molecular formula is C16H24O4. The van der Waals surface area contributed by atoms with Gasteiger partial charge in [0.1, 0.15) is 12.4 Å². The second kappa shape index (κ2) is 10.3. The van der Waals surface area contributed by atoms with Crippen molar-refractivity contribution < 1.29 is 18.9 Å². The molecule has 1 aromatic rings. The van der Waals surface area contributed by atoms with Crippen molar-refractivity contribution >= 4 is 5.57 Å². The third-order valence-electron chi connectivity index (χ3n) is 2.73. The number of allylic oxidation sites excluding steroid dienone is 1. The number of hydrogen-bond acceptors (Lipinski definition) is 4. The molecule has 0 saturated carbocycles. The molecule has 0 aliphatic heterocycles. The lowest BCUT2D eigenvalue weighted by Crippen LogP contribution is -2.07. The van der Waals surface area contributed by atoms with Crippen LogP contribution in [-0.2, 0) is 14.2 Å². The molecule has 4 nitrogen and oxygen atoms in total. The number of ether oxygens (including phenoxy) is 4. The summed E-state index contributed by atoms with van der Waals surface area (Å²) < 4.78 is 21.1. The molecule has 0 atom stereocenters. The maximum absolute atomic E-state index is 5.45. The lowest BCUT2D eigenvalue weighted by Gasteiger charge is -2.06. The summed E-state index contributed by atoms with van der Waals surface area (Å²) in [5.41, 5.74) is 2.19. The maximum Gasteiger partial charge on any atom is 0.118 e. The summed E-state index contributed by atoms with van der Waals surface area (Å²) in [5, 5.41) is 0. The Morgan fingerprint density at radius 1 is 1.00 bits per heavy atom. The third-order valence-corrected chi connectivity index (χ3v) is 2.73. The van der Waals surface area contributed by atoms with Crippen LogP contribution in [0.3, 0.4) is 0 Å². The van der Waals surface area contributed by atoms with Gasteiger partial charge < -0.3 is 18.9 Å². The van der Waals surface area contributed by atoms with Gasteiger partial charge in [0, 0.05) is 6.61 Å². The van der Waals surface area contributed by atoms with Gasteiger partial charge in [0.25, 0.3) is 0 Å². The minimum absolute atomic E-state index is 0.541. The second-order valence-electron chi connectivity index (χ2n) is 4.21. The SMILES string of the molecule is CCOCCOCCO/C=C(\C)c1ccc(OC)cc1. The summed E-state index contributed by atoms with van der Waals surface area (Å²) in [6, 6.07) is 7.88. The van der Waals surface area contributed by atoms with Gasteiger partial charge in [-0.15, -0.1) is 0 Å². The van der Waals surface area contributed by atoms with E-state index < -0.39 is 0 Å². The molecule has 4 heteroatoms. The van der Waals surface area contributed by atoms with Crippen LogP contribution in [0.2, 0.25) is 0 Å². The summed E-state index contributed by atoms with van der Waals surface area (Å²) in [7, 11) is 1.66. The summed E-state index contributed by atoms with van der Waals surface area (Å²) in [6.45, 7) is 7.06. The van der Waals surface area contributed by atoms with E-state index >= 15 is 0 Å². The van der Waals surface area contributed by atoms with Crippen LogP contribution < -0.4 is 4.74 Å². The zero-order valence-corrected chi connectivity index (χ0v) is 12.6. The summed E-state index contributed by atoms with van der Waals surface area (Å²) >= 11 is 0. The summed E-state index contributed by atoms with van der Waals surface area (Å²) in [4.78, 5) is 0. The van der Waals surface area contributed by atoms with Crippen molar-refractivity contribution in [1.82, 2.24) is 0 Å². The smallest absolute Gasteiger partial charge is 0.118 e. The van der Waals surface area contributed by atoms with Gasteiger partial charge in [-0.05, 0) is 37.1 Å². The van der Waals surface area contributed by atoms with E-state index in [1.807, 2.05) is 38.1 Å². The molecule has 0 aliphatic rings. The standard InChI is InChI=1S/C16H24O4/c1-4-18-9-10-19-11-12-20-13-14(2)15-5-7-16(17-3)8-6-15/h5-8,13H,4,9-12H2,1-3H3/b14-13+. The Hall–Kier alpha value is -1.52. The van der Waals surface area contributed by atoms with E-state index in [0.29, 0.717) is 26.4 Å². The highest BCUT2D eigenvalue weighted by Crippen LogP contribution is 2.17. The highest BCUT2D eigenvalue weighted by molar-refractivity contribution is 5.63. The van der Waals surface area contributed by atoms with Crippen LogP contribution in [-0.4, -0.2) is 40.1 Å². The fraction of sp³-hybridized carbons (Fsp3) is 0.500. The van der Waals surface area contributed by atoms with E-state index in [1.54, 1.807) is 13.4 Å². The van der Waals surface area contributed by atoms with Gasteiger partial charge in [0.05, 0.1) is 33.2 Å². The van der Waals surface area contributed by atoms with Crippen molar-refractivity contribution in [3.63, 3.8) is 0 Å². The van der Waals surface area contributed by atoms with Gasteiger partial charge in [-0.2, -0.15) is 0 Å². The van der Waals surface area contributed by atoms with Crippen LogP contribution in [0.1, 0.15) is 19.4 Å². The zero-order chi connectivity index (χ0) is 14.6. The first-order valence-corrected chi connectivity index (χ1v) is 6.86. The second-order valence-corrected chi connectivity index (χ2v) is 4.21. The molecule has 0 aromatic heterocycles. The molecule has 1 rings (SSSR count). The normalized spacial score (nSPS) is 11.4. The van der Waals surface area contributed by atoms with Crippen molar-refractivity contribution in [3.8, 4) is 5.75 Å². The molecule has 0 amide bonds. The largest absolute Gasteiger partial charge is 0.498 e. The summed E-state index contributed by atoms with van der Waals surface area (Å²) in [6.07, 6.45) is 1.76. The molecule has 112 valence electrons. The molecule has 0 radical (unpaired) electrons. The van der Waals surface area contributed by atoms with E-state index in [2.05, 4.69) is 0 Å². The molecule has 0 heterocycles. The molecule has 0 fully saturated rings. The predicted molar refractivity (Wildman–Crippen MR) is 79.9 cm³/mol. The Bertz CT molecular complexity index is 384. The molecule has 0 spiro atoms. The van der Waals surface area contributed by atoms with Crippen LogP contribution >= 0.6 is 0 Å². The maximum atomic E-state index is 5.45. The number of rotatable bonds is 10. The molecule has 0 saturated heterocycles. The van der Waals surface area contributed by atoms with Gasteiger partial charge in [0.15, 0.2) is 0 Å². The molecule has 0 N–H and O–H groups in total. The average molecular weight is 280 g/mol. The Labute approximate surface area is 121 Å². The van der Waals surface area contributed by atoms with Crippen molar-refractivity contribution in [2.24, 2.45) is 0 Å². The third kappa shape index (κ3) is 6.59. The Balaban J connectivity index is 2.20. The molecule has 0 bridgehead atoms. The fourth-order valence-electron chi connectivity index (χ4n) is 1.58. The zero-order valence-electron chi connectivity index (χ0n) is 12.6. The first kappa shape index (κ1) is 16.5. The van der Waals surface area contributed by atoms with Crippen molar-refractivity contribution in [2.45, 2.75) is 13.8 Å². The van der Waals surface area contributed by atoms with Gasteiger partial charge in [-0.25, -0.2) is 0 Å².